The van der Waals surface area contributed by atoms with Gasteiger partial charge in [-0.15, -0.1) is 0 Å². The average Bonchev–Trinajstić information content (AvgIpc) is 2.51. The molecule has 2 aromatic rings. The first kappa shape index (κ1) is 16.3. The van der Waals surface area contributed by atoms with Gasteiger partial charge in [0.15, 0.2) is 11.6 Å². The highest BCUT2D eigenvalue weighted by Crippen LogP contribution is 2.21. The van der Waals surface area contributed by atoms with Crippen molar-refractivity contribution >= 4 is 17.3 Å². The Balaban J connectivity index is 1.89. The lowest BCUT2D eigenvalue weighted by molar-refractivity contribution is -0.387. The van der Waals surface area contributed by atoms with E-state index in [-0.39, 0.29) is 24.5 Å². The zero-order valence-electron chi connectivity index (χ0n) is 11.8. The maximum atomic E-state index is 13.3. The third-order valence-corrected chi connectivity index (χ3v) is 2.85. The van der Waals surface area contributed by atoms with Crippen molar-refractivity contribution in [3.63, 3.8) is 0 Å². The van der Waals surface area contributed by atoms with E-state index in [9.17, 15) is 23.7 Å². The molecule has 0 saturated heterocycles. The number of amides is 1. The minimum atomic E-state index is -0.990. The van der Waals surface area contributed by atoms with Crippen LogP contribution in [0.15, 0.2) is 42.5 Å². The molecule has 23 heavy (non-hydrogen) atoms. The number of nitro groups is 1. The van der Waals surface area contributed by atoms with Crippen molar-refractivity contribution in [2.24, 2.45) is 0 Å². The Morgan fingerprint density at radius 2 is 1.91 bits per heavy atom. The smallest absolute Gasteiger partial charge is 0.306 e. The summed E-state index contributed by atoms with van der Waals surface area (Å²) < 4.78 is 31.6. The standard InChI is InChI=1S/C15H12F2N2O4/c16-11-6-5-10(9-13(11)19(21)22)18-15(20)7-8-23-14-4-2-1-3-12(14)17/h1-6,9H,7-8H2,(H,18,20). The van der Waals surface area contributed by atoms with Crippen molar-refractivity contribution in [3.05, 3.63) is 64.2 Å². The Kier molecular flexibility index (Phi) is 5.19. The van der Waals surface area contributed by atoms with E-state index in [1.165, 1.54) is 24.3 Å². The van der Waals surface area contributed by atoms with Crippen LogP contribution >= 0.6 is 0 Å². The van der Waals surface area contributed by atoms with Crippen LogP contribution in [0.2, 0.25) is 0 Å². The van der Waals surface area contributed by atoms with Crippen molar-refractivity contribution in [2.45, 2.75) is 6.42 Å². The number of benzene rings is 2. The molecular weight excluding hydrogens is 310 g/mol. The zero-order chi connectivity index (χ0) is 16.8. The number of nitro benzene ring substituents is 1. The van der Waals surface area contributed by atoms with Gasteiger partial charge in [-0.05, 0) is 24.3 Å². The highest BCUT2D eigenvalue weighted by atomic mass is 19.1. The van der Waals surface area contributed by atoms with Gasteiger partial charge in [-0.2, -0.15) is 4.39 Å². The molecule has 0 aliphatic heterocycles. The monoisotopic (exact) mass is 322 g/mol. The summed E-state index contributed by atoms with van der Waals surface area (Å²) >= 11 is 0. The van der Waals surface area contributed by atoms with Crippen molar-refractivity contribution in [1.82, 2.24) is 0 Å². The fourth-order valence-corrected chi connectivity index (χ4v) is 1.77. The molecular formula is C15H12F2N2O4. The molecule has 0 atom stereocenters. The quantitative estimate of drug-likeness (QED) is 0.653. The average molecular weight is 322 g/mol. The first-order chi connectivity index (χ1) is 11.0. The van der Waals surface area contributed by atoms with Crippen LogP contribution in [0.3, 0.4) is 0 Å². The number of rotatable bonds is 6. The second-order valence-corrected chi connectivity index (χ2v) is 4.50. The minimum absolute atomic E-state index is 0.0257. The number of hydrogen-bond donors (Lipinski definition) is 1. The SMILES string of the molecule is O=C(CCOc1ccccc1F)Nc1ccc(F)c([N+](=O)[O-])c1. The number of hydrogen-bond acceptors (Lipinski definition) is 4. The molecule has 8 heteroatoms. The molecule has 0 aliphatic rings. The minimum Gasteiger partial charge on any atom is -0.490 e. The molecule has 0 saturated carbocycles. The Morgan fingerprint density at radius 3 is 2.61 bits per heavy atom. The van der Waals surface area contributed by atoms with E-state index >= 15 is 0 Å². The van der Waals surface area contributed by atoms with Gasteiger partial charge in [-0.25, -0.2) is 4.39 Å². The fourth-order valence-electron chi connectivity index (χ4n) is 1.77. The van der Waals surface area contributed by atoms with Gasteiger partial charge in [0.1, 0.15) is 0 Å². The van der Waals surface area contributed by atoms with Crippen LogP contribution in [0.4, 0.5) is 20.2 Å². The molecule has 0 unspecified atom stereocenters. The number of anilines is 1. The first-order valence-electron chi connectivity index (χ1n) is 6.58. The summed E-state index contributed by atoms with van der Waals surface area (Å²) in [5.74, 6) is -2.00. The molecule has 6 nitrogen and oxygen atoms in total. The Hall–Kier alpha value is -3.03. The molecule has 1 amide bonds. The number of carbonyl (C=O) groups is 1. The molecule has 0 radical (unpaired) electrons. The van der Waals surface area contributed by atoms with Gasteiger partial charge >= 0.3 is 5.69 Å². The Morgan fingerprint density at radius 1 is 1.17 bits per heavy atom. The van der Waals surface area contributed by atoms with Crippen molar-refractivity contribution in [1.29, 1.82) is 0 Å². The molecule has 0 heterocycles. The van der Waals surface area contributed by atoms with E-state index in [0.29, 0.717) is 0 Å². The molecule has 1 N–H and O–H groups in total. The largest absolute Gasteiger partial charge is 0.490 e. The van der Waals surface area contributed by atoms with Crippen LogP contribution in [0.1, 0.15) is 6.42 Å². The summed E-state index contributed by atoms with van der Waals surface area (Å²) in [7, 11) is 0. The Bertz CT molecular complexity index is 737. The van der Waals surface area contributed by atoms with Crippen LogP contribution in [0, 0.1) is 21.7 Å². The van der Waals surface area contributed by atoms with Gasteiger partial charge in [-0.3, -0.25) is 14.9 Å². The van der Waals surface area contributed by atoms with E-state index in [4.69, 9.17) is 4.74 Å². The van der Waals surface area contributed by atoms with Gasteiger partial charge in [0.05, 0.1) is 18.0 Å². The molecule has 0 fully saturated rings. The van der Waals surface area contributed by atoms with Gasteiger partial charge < -0.3 is 10.1 Å². The lowest BCUT2D eigenvalue weighted by atomic mass is 10.2. The van der Waals surface area contributed by atoms with Crippen LogP contribution in [-0.2, 0) is 4.79 Å². The highest BCUT2D eigenvalue weighted by Gasteiger charge is 2.15. The van der Waals surface area contributed by atoms with E-state index in [2.05, 4.69) is 5.32 Å². The molecule has 0 bridgehead atoms. The van der Waals surface area contributed by atoms with Crippen molar-refractivity contribution < 1.29 is 23.2 Å². The molecule has 0 aliphatic carbocycles. The number of para-hydroxylation sites is 1. The van der Waals surface area contributed by atoms with Crippen LogP contribution in [0.25, 0.3) is 0 Å². The third kappa shape index (κ3) is 4.47. The van der Waals surface area contributed by atoms with Crippen LogP contribution in [0.5, 0.6) is 5.75 Å². The molecule has 0 aromatic heterocycles. The third-order valence-electron chi connectivity index (χ3n) is 2.85. The topological polar surface area (TPSA) is 81.5 Å². The Labute approximate surface area is 129 Å². The van der Waals surface area contributed by atoms with Gasteiger partial charge in [0.2, 0.25) is 11.7 Å². The molecule has 120 valence electrons. The van der Waals surface area contributed by atoms with E-state index in [0.717, 1.165) is 12.1 Å². The second-order valence-electron chi connectivity index (χ2n) is 4.50. The summed E-state index contributed by atoms with van der Waals surface area (Å²) in [6.45, 7) is -0.0734. The second kappa shape index (κ2) is 7.30. The molecule has 2 rings (SSSR count). The summed E-state index contributed by atoms with van der Waals surface area (Å²) in [5.41, 5.74) is -0.639. The van der Waals surface area contributed by atoms with Crippen LogP contribution < -0.4 is 10.1 Å². The number of nitrogens with zero attached hydrogens (tertiary/aromatic N) is 1. The van der Waals surface area contributed by atoms with Gasteiger partial charge in [0, 0.05) is 11.8 Å². The summed E-state index contributed by atoms with van der Waals surface area (Å²) in [6.07, 6.45) is -0.0977. The van der Waals surface area contributed by atoms with Gasteiger partial charge in [-0.1, -0.05) is 12.1 Å². The first-order valence-corrected chi connectivity index (χ1v) is 6.58. The van der Waals surface area contributed by atoms with Crippen molar-refractivity contribution in [3.8, 4) is 5.75 Å². The highest BCUT2D eigenvalue weighted by molar-refractivity contribution is 5.91. The fraction of sp³-hybridized carbons (Fsp3) is 0.133. The summed E-state index contributed by atoms with van der Waals surface area (Å²) in [4.78, 5) is 21.4. The number of halogens is 2. The summed E-state index contributed by atoms with van der Waals surface area (Å²) in [6, 6.07) is 8.78. The maximum Gasteiger partial charge on any atom is 0.306 e. The summed E-state index contributed by atoms with van der Waals surface area (Å²) in [5, 5.41) is 13.0. The maximum absolute atomic E-state index is 13.3. The number of ether oxygens (including phenoxy) is 1. The van der Waals surface area contributed by atoms with Crippen LogP contribution in [-0.4, -0.2) is 17.4 Å². The molecule has 2 aromatic carbocycles. The van der Waals surface area contributed by atoms with E-state index in [1.807, 2.05) is 0 Å². The normalized spacial score (nSPS) is 10.2. The lowest BCUT2D eigenvalue weighted by Gasteiger charge is -2.08. The van der Waals surface area contributed by atoms with E-state index < -0.39 is 28.2 Å². The lowest BCUT2D eigenvalue weighted by Crippen LogP contribution is -2.15. The van der Waals surface area contributed by atoms with Gasteiger partial charge in [0.25, 0.3) is 0 Å². The predicted octanol–water partition coefficient (Wildman–Crippen LogP) is 3.28. The number of nitrogens with one attached hydrogen (secondary N) is 1. The molecule has 0 spiro atoms. The zero-order valence-corrected chi connectivity index (χ0v) is 11.8. The van der Waals surface area contributed by atoms with E-state index in [1.54, 1.807) is 6.07 Å². The van der Waals surface area contributed by atoms with Crippen molar-refractivity contribution in [2.75, 3.05) is 11.9 Å². The number of carbonyl (C=O) groups excluding carboxylic acids is 1. The predicted molar refractivity (Wildman–Crippen MR) is 78.2 cm³/mol.